The molecule has 0 spiro atoms. The molecule has 0 aliphatic heterocycles. The number of hydrogen-bond acceptors (Lipinski definition) is 3. The fraction of sp³-hybridized carbons (Fsp3) is 0.250. The monoisotopic (exact) mass is 239 g/mol. The van der Waals surface area contributed by atoms with Gasteiger partial charge in [0.25, 0.3) is 0 Å². The molecule has 0 aromatic carbocycles. The van der Waals surface area contributed by atoms with Crippen molar-refractivity contribution in [3.63, 3.8) is 0 Å². The zero-order valence-electron chi connectivity index (χ0n) is 8.99. The average molecular weight is 240 g/mol. The molecule has 0 aliphatic carbocycles. The Balaban J connectivity index is 2.86. The van der Waals surface area contributed by atoms with Crippen molar-refractivity contribution in [2.75, 3.05) is 13.2 Å². The van der Waals surface area contributed by atoms with Crippen LogP contribution in [-0.2, 0) is 5.88 Å². The zero-order chi connectivity index (χ0) is 11.8. The lowest BCUT2D eigenvalue weighted by Crippen LogP contribution is -2.01. The van der Waals surface area contributed by atoms with Crippen LogP contribution in [0.1, 0.15) is 5.69 Å². The van der Waals surface area contributed by atoms with Crippen molar-refractivity contribution in [1.29, 1.82) is 0 Å². The van der Waals surface area contributed by atoms with E-state index in [4.69, 9.17) is 21.1 Å². The Hall–Kier alpha value is -1.48. The van der Waals surface area contributed by atoms with E-state index in [1.807, 2.05) is 0 Å². The molecule has 16 heavy (non-hydrogen) atoms. The van der Waals surface area contributed by atoms with Gasteiger partial charge in [-0.2, -0.15) is 0 Å². The van der Waals surface area contributed by atoms with Gasteiger partial charge in [0, 0.05) is 6.07 Å². The Morgan fingerprint density at radius 3 is 2.38 bits per heavy atom. The second-order valence-corrected chi connectivity index (χ2v) is 3.22. The molecule has 4 heteroatoms. The summed E-state index contributed by atoms with van der Waals surface area (Å²) in [6.07, 6.45) is 4.92. The van der Waals surface area contributed by atoms with Crippen molar-refractivity contribution < 1.29 is 9.47 Å². The zero-order valence-corrected chi connectivity index (χ0v) is 9.74. The normalized spacial score (nSPS) is 9.56. The maximum Gasteiger partial charge on any atom is 0.179 e. The molecule has 0 amide bonds. The van der Waals surface area contributed by atoms with Gasteiger partial charge in [0.05, 0.1) is 17.8 Å². The molecule has 1 heterocycles. The molecule has 0 bridgehead atoms. The third-order valence-corrected chi connectivity index (χ3v) is 2.01. The van der Waals surface area contributed by atoms with Gasteiger partial charge >= 0.3 is 0 Å². The predicted molar refractivity (Wildman–Crippen MR) is 65.2 cm³/mol. The van der Waals surface area contributed by atoms with E-state index < -0.39 is 0 Å². The average Bonchev–Trinajstić information content (AvgIpc) is 2.34. The summed E-state index contributed by atoms with van der Waals surface area (Å²) >= 11 is 5.69. The first kappa shape index (κ1) is 12.6. The second-order valence-electron chi connectivity index (χ2n) is 2.96. The topological polar surface area (TPSA) is 31.4 Å². The number of hydrogen-bond donors (Lipinski definition) is 0. The van der Waals surface area contributed by atoms with Gasteiger partial charge in [0.15, 0.2) is 11.5 Å². The minimum Gasteiger partial charge on any atom is -0.486 e. The predicted octanol–water partition coefficient (Wildman–Crippen LogP) is 2.95. The van der Waals surface area contributed by atoms with Crippen LogP contribution >= 0.6 is 11.6 Å². The quantitative estimate of drug-likeness (QED) is 0.542. The molecule has 0 unspecified atom stereocenters. The van der Waals surface area contributed by atoms with E-state index in [1.165, 1.54) is 0 Å². The highest BCUT2D eigenvalue weighted by atomic mass is 35.5. The maximum absolute atomic E-state index is 5.69. The molecule has 0 atom stereocenters. The van der Waals surface area contributed by atoms with Crippen molar-refractivity contribution >= 4 is 11.6 Å². The van der Waals surface area contributed by atoms with Crippen LogP contribution in [0.15, 0.2) is 37.6 Å². The highest BCUT2D eigenvalue weighted by Crippen LogP contribution is 2.27. The van der Waals surface area contributed by atoms with E-state index >= 15 is 0 Å². The van der Waals surface area contributed by atoms with Crippen molar-refractivity contribution in [1.82, 2.24) is 4.98 Å². The molecule has 0 fully saturated rings. The van der Waals surface area contributed by atoms with Crippen LogP contribution in [0.4, 0.5) is 0 Å². The number of rotatable bonds is 7. The van der Waals surface area contributed by atoms with Crippen molar-refractivity contribution in [2.24, 2.45) is 0 Å². The molecular weight excluding hydrogens is 226 g/mol. The van der Waals surface area contributed by atoms with Gasteiger partial charge in [-0.3, -0.25) is 4.98 Å². The number of nitrogens with zero attached hydrogens (tertiary/aromatic N) is 1. The van der Waals surface area contributed by atoms with E-state index in [0.717, 1.165) is 5.69 Å². The van der Waals surface area contributed by atoms with Crippen LogP contribution in [0.3, 0.4) is 0 Å². The van der Waals surface area contributed by atoms with Gasteiger partial charge < -0.3 is 9.47 Å². The van der Waals surface area contributed by atoms with Crippen molar-refractivity contribution in [2.45, 2.75) is 5.88 Å². The van der Waals surface area contributed by atoms with Crippen molar-refractivity contribution in [3.8, 4) is 11.5 Å². The first-order valence-corrected chi connectivity index (χ1v) is 5.37. The fourth-order valence-electron chi connectivity index (χ4n) is 1.06. The van der Waals surface area contributed by atoms with Crippen LogP contribution in [0.2, 0.25) is 0 Å². The third kappa shape index (κ3) is 3.59. The Morgan fingerprint density at radius 1 is 1.19 bits per heavy atom. The van der Waals surface area contributed by atoms with Crippen LogP contribution < -0.4 is 9.47 Å². The Morgan fingerprint density at radius 2 is 1.81 bits per heavy atom. The largest absolute Gasteiger partial charge is 0.486 e. The standard InChI is InChI=1S/C12H14ClNO2/c1-3-5-15-11-7-10(8-13)14-9-12(11)16-6-4-2/h3-4,7,9H,1-2,5-6,8H2. The Bertz CT molecular complexity index is 366. The lowest BCUT2D eigenvalue weighted by molar-refractivity contribution is 0.306. The molecular formula is C12H14ClNO2. The first-order chi connectivity index (χ1) is 7.81. The van der Waals surface area contributed by atoms with E-state index in [1.54, 1.807) is 24.4 Å². The van der Waals surface area contributed by atoms with Gasteiger partial charge in [-0.05, 0) is 0 Å². The minimum absolute atomic E-state index is 0.339. The molecule has 3 nitrogen and oxygen atoms in total. The van der Waals surface area contributed by atoms with E-state index in [9.17, 15) is 0 Å². The molecule has 0 radical (unpaired) electrons. The third-order valence-electron chi connectivity index (χ3n) is 1.74. The van der Waals surface area contributed by atoms with Crippen LogP contribution in [0, 0.1) is 0 Å². The number of pyridine rings is 1. The van der Waals surface area contributed by atoms with Gasteiger partial charge in [-0.1, -0.05) is 25.3 Å². The molecule has 0 saturated carbocycles. The van der Waals surface area contributed by atoms with Gasteiger partial charge in [0.1, 0.15) is 13.2 Å². The highest BCUT2D eigenvalue weighted by molar-refractivity contribution is 6.16. The fourth-order valence-corrected chi connectivity index (χ4v) is 1.20. The van der Waals surface area contributed by atoms with E-state index in [2.05, 4.69) is 18.1 Å². The summed E-state index contributed by atoms with van der Waals surface area (Å²) in [5, 5.41) is 0. The number of halogens is 1. The van der Waals surface area contributed by atoms with Crippen LogP contribution in [0.25, 0.3) is 0 Å². The van der Waals surface area contributed by atoms with E-state index in [0.29, 0.717) is 30.6 Å². The summed E-state index contributed by atoms with van der Waals surface area (Å²) in [4.78, 5) is 4.12. The number of alkyl halides is 1. The molecule has 0 aliphatic rings. The number of ether oxygens (including phenoxy) is 2. The minimum atomic E-state index is 0.339. The smallest absolute Gasteiger partial charge is 0.179 e. The Labute approximate surface area is 100 Å². The molecule has 0 saturated heterocycles. The summed E-state index contributed by atoms with van der Waals surface area (Å²) in [6.45, 7) is 7.99. The SMILES string of the molecule is C=CCOc1cnc(CCl)cc1OCC=C. The maximum atomic E-state index is 5.69. The van der Waals surface area contributed by atoms with Crippen LogP contribution in [-0.4, -0.2) is 18.2 Å². The van der Waals surface area contributed by atoms with Crippen molar-refractivity contribution in [3.05, 3.63) is 43.3 Å². The molecule has 86 valence electrons. The highest BCUT2D eigenvalue weighted by Gasteiger charge is 2.06. The summed E-state index contributed by atoms with van der Waals surface area (Å²) < 4.78 is 10.8. The first-order valence-electron chi connectivity index (χ1n) is 4.84. The summed E-state index contributed by atoms with van der Waals surface area (Å²) in [6, 6.07) is 1.76. The lowest BCUT2D eigenvalue weighted by atomic mass is 10.3. The van der Waals surface area contributed by atoms with E-state index in [-0.39, 0.29) is 0 Å². The second kappa shape index (κ2) is 6.90. The van der Waals surface area contributed by atoms with Crippen LogP contribution in [0.5, 0.6) is 11.5 Å². The molecule has 1 rings (SSSR count). The van der Waals surface area contributed by atoms with Gasteiger partial charge in [0.2, 0.25) is 0 Å². The number of aromatic nitrogens is 1. The molecule has 1 aromatic heterocycles. The lowest BCUT2D eigenvalue weighted by Gasteiger charge is -2.11. The summed E-state index contributed by atoms with van der Waals surface area (Å²) in [7, 11) is 0. The summed E-state index contributed by atoms with van der Waals surface area (Å²) in [5.41, 5.74) is 0.742. The Kier molecular flexibility index (Phi) is 5.43. The van der Waals surface area contributed by atoms with Gasteiger partial charge in [-0.25, -0.2) is 0 Å². The molecule has 0 N–H and O–H groups in total. The van der Waals surface area contributed by atoms with Gasteiger partial charge in [-0.15, -0.1) is 11.6 Å². The molecule has 1 aromatic rings. The summed E-state index contributed by atoms with van der Waals surface area (Å²) in [5.74, 6) is 1.54.